The largest absolute Gasteiger partial charge is 0.501 e. The van der Waals surface area contributed by atoms with Gasteiger partial charge in [-0.25, -0.2) is 0 Å². The van der Waals surface area contributed by atoms with Crippen molar-refractivity contribution in [1.82, 2.24) is 0 Å². The maximum atomic E-state index is 5.60. The van der Waals surface area contributed by atoms with E-state index < -0.39 is 0 Å². The summed E-state index contributed by atoms with van der Waals surface area (Å²) < 4.78 is 11.1. The Kier molecular flexibility index (Phi) is 5.40. The maximum absolute atomic E-state index is 5.60. The number of hydrogen-bond acceptors (Lipinski definition) is 4. The first-order valence-corrected chi connectivity index (χ1v) is 9.88. The topological polar surface area (TPSA) is 42.5 Å². The Balaban J connectivity index is 1.48. The summed E-state index contributed by atoms with van der Waals surface area (Å²) in [6.07, 6.45) is 6.44. The second-order valence-electron chi connectivity index (χ2n) is 7.49. The van der Waals surface area contributed by atoms with E-state index in [2.05, 4.69) is 72.2 Å². The summed E-state index contributed by atoms with van der Waals surface area (Å²) >= 11 is 0. The molecule has 28 heavy (non-hydrogen) atoms. The number of benzene rings is 2. The summed E-state index contributed by atoms with van der Waals surface area (Å²) in [6, 6.07) is 15.1. The lowest BCUT2D eigenvalue weighted by Crippen LogP contribution is -2.25. The Morgan fingerprint density at radius 2 is 1.82 bits per heavy atom. The van der Waals surface area contributed by atoms with Crippen molar-refractivity contribution in [3.63, 3.8) is 0 Å². The van der Waals surface area contributed by atoms with Crippen molar-refractivity contribution >= 4 is 17.1 Å². The third-order valence-corrected chi connectivity index (χ3v) is 5.71. The molecule has 2 atom stereocenters. The molecular formula is C24H28N2O2. The Labute approximate surface area is 167 Å². The summed E-state index contributed by atoms with van der Waals surface area (Å²) in [5, 5.41) is 7.14. The van der Waals surface area contributed by atoms with Crippen LogP contribution < -0.4 is 10.6 Å². The molecule has 0 bridgehead atoms. The minimum absolute atomic E-state index is 0.0477. The van der Waals surface area contributed by atoms with E-state index in [1.54, 1.807) is 14.2 Å². The monoisotopic (exact) mass is 376 g/mol. The number of fused-ring (bicyclic) bond motifs is 2. The van der Waals surface area contributed by atoms with E-state index in [-0.39, 0.29) is 12.0 Å². The molecule has 2 aromatic carbocycles. The highest BCUT2D eigenvalue weighted by molar-refractivity contribution is 5.70. The van der Waals surface area contributed by atoms with Gasteiger partial charge in [-0.05, 0) is 59.9 Å². The normalized spacial score (nSPS) is 20.7. The quantitative estimate of drug-likeness (QED) is 0.765. The van der Waals surface area contributed by atoms with E-state index in [9.17, 15) is 0 Å². The number of para-hydroxylation sites is 1. The average Bonchev–Trinajstić information content (AvgIpc) is 2.91. The second kappa shape index (κ2) is 8.11. The third kappa shape index (κ3) is 3.78. The van der Waals surface area contributed by atoms with Gasteiger partial charge in [-0.1, -0.05) is 31.2 Å². The molecule has 2 N–H and O–H groups in total. The molecule has 0 aromatic heterocycles. The Morgan fingerprint density at radius 3 is 2.64 bits per heavy atom. The van der Waals surface area contributed by atoms with Crippen LogP contribution in [0.25, 0.3) is 0 Å². The Morgan fingerprint density at radius 1 is 1.04 bits per heavy atom. The molecule has 146 valence electrons. The fraction of sp³-hybridized carbons (Fsp3) is 0.333. The number of rotatable bonds is 5. The predicted molar refractivity (Wildman–Crippen MR) is 115 cm³/mol. The molecule has 0 amide bonds. The van der Waals surface area contributed by atoms with Crippen molar-refractivity contribution in [1.29, 1.82) is 0 Å². The second-order valence-corrected chi connectivity index (χ2v) is 7.49. The van der Waals surface area contributed by atoms with E-state index >= 15 is 0 Å². The van der Waals surface area contributed by atoms with Crippen LogP contribution in [0, 0.1) is 5.92 Å². The number of methoxy groups -OCH3 is 2. The first-order valence-electron chi connectivity index (χ1n) is 9.88. The van der Waals surface area contributed by atoms with E-state index in [0.29, 0.717) is 0 Å². The van der Waals surface area contributed by atoms with Crippen molar-refractivity contribution in [3.05, 3.63) is 77.1 Å². The van der Waals surface area contributed by atoms with Crippen LogP contribution in [-0.2, 0) is 22.3 Å². The fourth-order valence-corrected chi connectivity index (χ4v) is 4.02. The maximum Gasteiger partial charge on any atom is 0.102 e. The first-order chi connectivity index (χ1) is 13.7. The van der Waals surface area contributed by atoms with E-state index in [4.69, 9.17) is 9.47 Å². The average molecular weight is 377 g/mol. The summed E-state index contributed by atoms with van der Waals surface area (Å²) in [6.45, 7) is 2.87. The lowest BCUT2D eigenvalue weighted by Gasteiger charge is -2.27. The molecule has 0 fully saturated rings. The summed E-state index contributed by atoms with van der Waals surface area (Å²) in [4.78, 5) is 0. The van der Waals surface area contributed by atoms with Crippen LogP contribution in [-0.4, -0.2) is 26.9 Å². The number of ether oxygens (including phenoxy) is 2. The van der Waals surface area contributed by atoms with Gasteiger partial charge in [0, 0.05) is 36.6 Å². The summed E-state index contributed by atoms with van der Waals surface area (Å²) in [5.74, 6) is 1.20. The molecule has 1 heterocycles. The lowest BCUT2D eigenvalue weighted by atomic mass is 9.93. The molecule has 4 nitrogen and oxygen atoms in total. The number of aryl methyl sites for hydroxylation is 2. The number of anilines is 3. The van der Waals surface area contributed by atoms with Gasteiger partial charge in [0.25, 0.3) is 0 Å². The molecule has 2 unspecified atom stereocenters. The fourth-order valence-electron chi connectivity index (χ4n) is 4.02. The minimum Gasteiger partial charge on any atom is -0.501 e. The standard InChI is InChI=1S/C24H28N2O2/c1-16-23(27-2)12-17(13-24(16)28-3)15-25-20-10-11-22-19(14-20)9-8-18-6-4-5-7-21(18)26-22/h4-7,10-14,16,23,25-26H,8-9,15H2,1-3H3. The lowest BCUT2D eigenvalue weighted by molar-refractivity contribution is 0.0810. The first kappa shape index (κ1) is 18.6. The van der Waals surface area contributed by atoms with Gasteiger partial charge in [0.2, 0.25) is 0 Å². The number of nitrogens with one attached hydrogen (secondary N) is 2. The van der Waals surface area contributed by atoms with Crippen LogP contribution in [0.4, 0.5) is 17.1 Å². The van der Waals surface area contributed by atoms with Gasteiger partial charge < -0.3 is 20.1 Å². The predicted octanol–water partition coefficient (Wildman–Crippen LogP) is 5.06. The van der Waals surface area contributed by atoms with Crippen molar-refractivity contribution in [2.45, 2.75) is 25.9 Å². The zero-order valence-corrected chi connectivity index (χ0v) is 16.8. The zero-order chi connectivity index (χ0) is 19.5. The van der Waals surface area contributed by atoms with Crippen LogP contribution in [0.15, 0.2) is 65.9 Å². The van der Waals surface area contributed by atoms with Crippen LogP contribution in [0.5, 0.6) is 0 Å². The summed E-state index contributed by atoms with van der Waals surface area (Å²) in [7, 11) is 3.47. The van der Waals surface area contributed by atoms with Gasteiger partial charge in [0.1, 0.15) is 5.76 Å². The highest BCUT2D eigenvalue weighted by atomic mass is 16.5. The molecule has 0 saturated heterocycles. The van der Waals surface area contributed by atoms with Crippen molar-refractivity contribution in [3.8, 4) is 0 Å². The zero-order valence-electron chi connectivity index (χ0n) is 16.8. The summed E-state index contributed by atoms with van der Waals surface area (Å²) in [5.41, 5.74) is 7.44. The van der Waals surface area contributed by atoms with Gasteiger partial charge in [-0.2, -0.15) is 0 Å². The molecule has 1 aliphatic heterocycles. The molecule has 0 saturated carbocycles. The molecular weight excluding hydrogens is 348 g/mol. The smallest absolute Gasteiger partial charge is 0.102 e. The molecule has 1 aliphatic carbocycles. The Bertz CT molecular complexity index is 917. The van der Waals surface area contributed by atoms with Gasteiger partial charge in [-0.15, -0.1) is 0 Å². The van der Waals surface area contributed by atoms with Crippen molar-refractivity contribution < 1.29 is 9.47 Å². The van der Waals surface area contributed by atoms with E-state index in [1.807, 2.05) is 0 Å². The van der Waals surface area contributed by atoms with Gasteiger partial charge in [0.05, 0.1) is 13.2 Å². The Hall–Kier alpha value is -2.72. The molecule has 4 heteroatoms. The van der Waals surface area contributed by atoms with E-state index in [1.165, 1.54) is 28.1 Å². The highest BCUT2D eigenvalue weighted by Crippen LogP contribution is 2.32. The van der Waals surface area contributed by atoms with Crippen LogP contribution in [0.1, 0.15) is 18.1 Å². The number of hydrogen-bond donors (Lipinski definition) is 2. The van der Waals surface area contributed by atoms with Gasteiger partial charge >= 0.3 is 0 Å². The van der Waals surface area contributed by atoms with Gasteiger partial charge in [-0.3, -0.25) is 0 Å². The minimum atomic E-state index is 0.0477. The molecule has 2 aromatic rings. The molecule has 4 rings (SSSR count). The molecule has 0 radical (unpaired) electrons. The third-order valence-electron chi connectivity index (χ3n) is 5.71. The van der Waals surface area contributed by atoms with Crippen molar-refractivity contribution in [2.24, 2.45) is 5.92 Å². The van der Waals surface area contributed by atoms with E-state index in [0.717, 1.165) is 30.8 Å². The van der Waals surface area contributed by atoms with Crippen LogP contribution in [0.3, 0.4) is 0 Å². The SMILES string of the molecule is COC1=CC(CNc2ccc3c(c2)CCc2ccccc2N3)=CC(OC)C1C. The highest BCUT2D eigenvalue weighted by Gasteiger charge is 2.24. The van der Waals surface area contributed by atoms with Crippen molar-refractivity contribution in [2.75, 3.05) is 31.4 Å². The molecule has 2 aliphatic rings. The van der Waals surface area contributed by atoms with Gasteiger partial charge in [0.15, 0.2) is 0 Å². The molecule has 0 spiro atoms. The van der Waals surface area contributed by atoms with Crippen LogP contribution in [0.2, 0.25) is 0 Å². The van der Waals surface area contributed by atoms with Crippen LogP contribution >= 0.6 is 0 Å².